The molecule has 1 nitrogen and oxygen atoms in total. The molecule has 0 fully saturated rings. The molecule has 0 saturated carbocycles. The van der Waals surface area contributed by atoms with E-state index < -0.39 is 0 Å². The minimum atomic E-state index is 0.905. The van der Waals surface area contributed by atoms with Gasteiger partial charge in [-0.2, -0.15) is 0 Å². The highest BCUT2D eigenvalue weighted by molar-refractivity contribution is 7.80. The zero-order chi connectivity index (χ0) is 9.11. The van der Waals surface area contributed by atoms with E-state index in [1.54, 1.807) is 12.4 Å². The van der Waals surface area contributed by atoms with Gasteiger partial charge in [0.25, 0.3) is 0 Å². The van der Waals surface area contributed by atoms with Crippen LogP contribution < -0.4 is 0 Å². The molecule has 11 heavy (non-hydrogen) atoms. The van der Waals surface area contributed by atoms with E-state index in [0.717, 1.165) is 4.90 Å². The van der Waals surface area contributed by atoms with Crippen LogP contribution in [0.3, 0.4) is 0 Å². The third kappa shape index (κ3) is 9.50. The Bertz CT molecular complexity index is 139. The normalized spacial score (nSPS) is 6.64. The third-order valence-electron chi connectivity index (χ3n) is 0.646. The van der Waals surface area contributed by atoms with Crippen molar-refractivity contribution in [3.8, 4) is 0 Å². The Labute approximate surface area is 75.3 Å². The van der Waals surface area contributed by atoms with Crippen LogP contribution in [0.5, 0.6) is 0 Å². The van der Waals surface area contributed by atoms with Gasteiger partial charge in [0.05, 0.1) is 0 Å². The Kier molecular flexibility index (Phi) is 14.5. The number of rotatable bonds is 0. The van der Waals surface area contributed by atoms with Gasteiger partial charge in [-0.3, -0.25) is 4.98 Å². The van der Waals surface area contributed by atoms with E-state index in [-0.39, 0.29) is 0 Å². The highest BCUT2D eigenvalue weighted by Crippen LogP contribution is 1.98. The van der Waals surface area contributed by atoms with Crippen LogP contribution in [0.15, 0.2) is 29.4 Å². The van der Waals surface area contributed by atoms with Gasteiger partial charge in [-0.05, 0) is 12.1 Å². The van der Waals surface area contributed by atoms with Crippen molar-refractivity contribution in [1.29, 1.82) is 0 Å². The first-order chi connectivity index (χ1) is 5.39. The summed E-state index contributed by atoms with van der Waals surface area (Å²) in [4.78, 5) is 4.71. The second kappa shape index (κ2) is 12.2. The molecular formula is C9H17NS. The summed E-state index contributed by atoms with van der Waals surface area (Å²) in [5.74, 6) is 0. The molecule has 0 bridgehead atoms. The summed E-state index contributed by atoms with van der Waals surface area (Å²) in [5, 5.41) is 0. The number of hydrogen-bond donors (Lipinski definition) is 1. The maximum Gasteiger partial charge on any atom is 0.0401 e. The minimum Gasteiger partial charge on any atom is -0.264 e. The predicted molar refractivity (Wildman–Crippen MR) is 54.2 cm³/mol. The van der Waals surface area contributed by atoms with Crippen molar-refractivity contribution in [1.82, 2.24) is 4.98 Å². The monoisotopic (exact) mass is 171 g/mol. The molecule has 0 aromatic carbocycles. The van der Waals surface area contributed by atoms with E-state index in [2.05, 4.69) is 17.6 Å². The van der Waals surface area contributed by atoms with Crippen molar-refractivity contribution in [2.24, 2.45) is 0 Å². The molecule has 0 radical (unpaired) electrons. The molecule has 0 aliphatic carbocycles. The lowest BCUT2D eigenvalue weighted by atomic mass is 10.5. The molecule has 0 N–H and O–H groups in total. The summed E-state index contributed by atoms with van der Waals surface area (Å²) >= 11 is 4.02. The van der Waals surface area contributed by atoms with E-state index in [9.17, 15) is 0 Å². The SMILES string of the molecule is CC.CC.Sc1cccnc1. The maximum absolute atomic E-state index is 4.02. The van der Waals surface area contributed by atoms with Crippen molar-refractivity contribution in [3.05, 3.63) is 24.5 Å². The first kappa shape index (κ1) is 13.1. The Morgan fingerprint density at radius 1 is 1.18 bits per heavy atom. The molecule has 0 aliphatic rings. The van der Waals surface area contributed by atoms with Crippen molar-refractivity contribution < 1.29 is 0 Å². The van der Waals surface area contributed by atoms with Crippen LogP contribution in [-0.4, -0.2) is 4.98 Å². The second-order valence-electron chi connectivity index (χ2n) is 1.21. The summed E-state index contributed by atoms with van der Waals surface area (Å²) in [6.07, 6.45) is 3.42. The lowest BCUT2D eigenvalue weighted by Crippen LogP contribution is -1.65. The molecule has 64 valence electrons. The number of hydrogen-bond acceptors (Lipinski definition) is 2. The van der Waals surface area contributed by atoms with Gasteiger partial charge >= 0.3 is 0 Å². The smallest absolute Gasteiger partial charge is 0.0401 e. The molecule has 0 aliphatic heterocycles. The van der Waals surface area contributed by atoms with Crippen LogP contribution in [0.4, 0.5) is 0 Å². The van der Waals surface area contributed by atoms with E-state index in [1.807, 2.05) is 39.8 Å². The number of nitrogens with zero attached hydrogens (tertiary/aromatic N) is 1. The molecule has 1 rings (SSSR count). The number of pyridine rings is 1. The molecule has 0 unspecified atom stereocenters. The summed E-state index contributed by atoms with van der Waals surface area (Å²) in [7, 11) is 0. The van der Waals surface area contributed by atoms with Gasteiger partial charge in [0, 0.05) is 17.3 Å². The number of aromatic nitrogens is 1. The molecule has 0 atom stereocenters. The molecular weight excluding hydrogens is 154 g/mol. The summed E-state index contributed by atoms with van der Waals surface area (Å²) in [6.45, 7) is 8.00. The van der Waals surface area contributed by atoms with Gasteiger partial charge in [-0.15, -0.1) is 12.6 Å². The molecule has 0 spiro atoms. The van der Waals surface area contributed by atoms with Crippen LogP contribution >= 0.6 is 12.6 Å². The van der Waals surface area contributed by atoms with Gasteiger partial charge in [-0.1, -0.05) is 27.7 Å². The molecule has 1 heterocycles. The Balaban J connectivity index is 0. The fourth-order valence-electron chi connectivity index (χ4n) is 0.354. The highest BCUT2D eigenvalue weighted by Gasteiger charge is 1.74. The highest BCUT2D eigenvalue weighted by atomic mass is 32.1. The van der Waals surface area contributed by atoms with Crippen LogP contribution in [0.1, 0.15) is 27.7 Å². The average molecular weight is 171 g/mol. The zero-order valence-electron chi connectivity index (χ0n) is 7.70. The fraction of sp³-hybridized carbons (Fsp3) is 0.444. The number of thiol groups is 1. The largest absolute Gasteiger partial charge is 0.264 e. The van der Waals surface area contributed by atoms with Gasteiger partial charge in [0.15, 0.2) is 0 Å². The van der Waals surface area contributed by atoms with E-state index in [1.165, 1.54) is 0 Å². The van der Waals surface area contributed by atoms with Gasteiger partial charge in [-0.25, -0.2) is 0 Å². The minimum absolute atomic E-state index is 0.905. The lowest BCUT2D eigenvalue weighted by molar-refractivity contribution is 1.24. The predicted octanol–water partition coefficient (Wildman–Crippen LogP) is 3.42. The maximum atomic E-state index is 4.02. The second-order valence-corrected chi connectivity index (χ2v) is 1.73. The topological polar surface area (TPSA) is 12.9 Å². The lowest BCUT2D eigenvalue weighted by Gasteiger charge is -1.81. The molecule has 1 aromatic heterocycles. The molecule has 0 saturated heterocycles. The zero-order valence-corrected chi connectivity index (χ0v) is 8.60. The van der Waals surface area contributed by atoms with Crippen molar-refractivity contribution in [2.75, 3.05) is 0 Å². The Morgan fingerprint density at radius 3 is 1.91 bits per heavy atom. The van der Waals surface area contributed by atoms with Crippen LogP contribution in [0, 0.1) is 0 Å². The standard InChI is InChI=1S/C5H5NS.2C2H6/c7-5-2-1-3-6-4-5;2*1-2/h1-4,7H;2*1-2H3. The average Bonchev–Trinajstić information content (AvgIpc) is 2.13. The summed E-state index contributed by atoms with van der Waals surface area (Å²) in [5.41, 5.74) is 0. The van der Waals surface area contributed by atoms with Crippen molar-refractivity contribution in [3.63, 3.8) is 0 Å². The van der Waals surface area contributed by atoms with Crippen molar-refractivity contribution >= 4 is 12.6 Å². The van der Waals surface area contributed by atoms with Crippen molar-refractivity contribution in [2.45, 2.75) is 32.6 Å². The Morgan fingerprint density at radius 2 is 1.73 bits per heavy atom. The summed E-state index contributed by atoms with van der Waals surface area (Å²) < 4.78 is 0. The fourth-order valence-corrected chi connectivity index (χ4v) is 0.506. The van der Waals surface area contributed by atoms with Gasteiger partial charge in [0.2, 0.25) is 0 Å². The van der Waals surface area contributed by atoms with Crippen LogP contribution in [-0.2, 0) is 0 Å². The van der Waals surface area contributed by atoms with Crippen LogP contribution in [0.2, 0.25) is 0 Å². The molecule has 1 aromatic rings. The Hall–Kier alpha value is -0.500. The molecule has 2 heteroatoms. The van der Waals surface area contributed by atoms with E-state index >= 15 is 0 Å². The molecule has 0 amide bonds. The van der Waals surface area contributed by atoms with Gasteiger partial charge in [0.1, 0.15) is 0 Å². The first-order valence-corrected chi connectivity index (χ1v) is 4.43. The van der Waals surface area contributed by atoms with E-state index in [4.69, 9.17) is 0 Å². The van der Waals surface area contributed by atoms with E-state index in [0.29, 0.717) is 0 Å². The third-order valence-corrected chi connectivity index (χ3v) is 0.910. The quantitative estimate of drug-likeness (QED) is 0.590. The first-order valence-electron chi connectivity index (χ1n) is 3.98. The van der Waals surface area contributed by atoms with Crippen LogP contribution in [0.25, 0.3) is 0 Å². The van der Waals surface area contributed by atoms with Gasteiger partial charge < -0.3 is 0 Å². The summed E-state index contributed by atoms with van der Waals surface area (Å²) in [6, 6.07) is 3.73.